The summed E-state index contributed by atoms with van der Waals surface area (Å²) in [5, 5.41) is 0.252. The van der Waals surface area contributed by atoms with Crippen LogP contribution in [0.5, 0.6) is 0 Å². The molecular formula is C30H45O7P. The Labute approximate surface area is 227 Å². The Morgan fingerprint density at radius 2 is 1.00 bits per heavy atom. The summed E-state index contributed by atoms with van der Waals surface area (Å²) in [6, 6.07) is 7.31. The van der Waals surface area contributed by atoms with Gasteiger partial charge in [0.25, 0.3) is 0 Å². The summed E-state index contributed by atoms with van der Waals surface area (Å²) in [4.78, 5) is 60.0. The Morgan fingerprint density at radius 1 is 0.684 bits per heavy atom. The maximum absolute atomic E-state index is 12.2. The van der Waals surface area contributed by atoms with Crippen molar-refractivity contribution in [3.8, 4) is 0 Å². The summed E-state index contributed by atoms with van der Waals surface area (Å²) in [5.74, 6) is -0.652. The predicted molar refractivity (Wildman–Crippen MR) is 153 cm³/mol. The Balaban J connectivity index is 2.86. The van der Waals surface area contributed by atoms with Gasteiger partial charge < -0.3 is 0 Å². The van der Waals surface area contributed by atoms with Crippen LogP contribution in [0.25, 0.3) is 0 Å². The van der Waals surface area contributed by atoms with Crippen molar-refractivity contribution in [3.63, 3.8) is 0 Å². The third-order valence-electron chi connectivity index (χ3n) is 6.85. The number of ether oxygens (including phenoxy) is 2. The molecule has 0 heterocycles. The first-order valence-electron chi connectivity index (χ1n) is 12.9. The van der Waals surface area contributed by atoms with Crippen LogP contribution in [-0.4, -0.2) is 40.8 Å². The predicted octanol–water partition coefficient (Wildman–Crippen LogP) is 4.34. The van der Waals surface area contributed by atoms with Crippen molar-refractivity contribution < 1.29 is 33.7 Å². The molecule has 2 aromatic rings. The molecule has 0 aliphatic rings. The maximum atomic E-state index is 12.2. The summed E-state index contributed by atoms with van der Waals surface area (Å²) in [7, 11) is -3.00. The molecule has 0 atom stereocenters. The third kappa shape index (κ3) is 7.01. The van der Waals surface area contributed by atoms with Crippen molar-refractivity contribution in [1.29, 1.82) is 0 Å². The van der Waals surface area contributed by atoms with E-state index in [2.05, 4.69) is 0 Å². The number of hydrogen-bond acceptors (Lipinski definition) is 7. The van der Waals surface area contributed by atoms with Crippen molar-refractivity contribution in [3.05, 3.63) is 57.6 Å². The van der Waals surface area contributed by atoms with E-state index in [9.17, 15) is 24.3 Å². The molecule has 8 heteroatoms. The summed E-state index contributed by atoms with van der Waals surface area (Å²) >= 11 is 0. The number of carbonyl (C=O) groups is 2. The standard InChI is InChI=1S/C30H45O7P/c1-19-15-21(11-13-25(31)36-9)17-23(29(3,4)5)27(19)38(33,34,35)28-20(2)16-22(12-14-26(32)37-10)18-24(28)30(6,7)8/h15-18,33-35H,11-14H2,1-10H3. The first kappa shape index (κ1) is 31.9. The zero-order valence-corrected chi connectivity index (χ0v) is 25.5. The molecule has 2 rings (SSSR count). The number of benzene rings is 2. The number of carbonyl (C=O) groups excluding carboxylic acids is 2. The van der Waals surface area contributed by atoms with Crippen molar-refractivity contribution in [2.45, 2.75) is 91.9 Å². The second-order valence-corrected chi connectivity index (χ2v) is 15.1. The van der Waals surface area contributed by atoms with Gasteiger partial charge in [-0.25, -0.2) is 0 Å². The van der Waals surface area contributed by atoms with Crippen molar-refractivity contribution in [1.82, 2.24) is 0 Å². The molecule has 7 nitrogen and oxygen atoms in total. The van der Waals surface area contributed by atoms with E-state index >= 15 is 0 Å². The minimum absolute atomic E-state index is 0.126. The Kier molecular flexibility index (Phi) is 9.28. The van der Waals surface area contributed by atoms with Gasteiger partial charge in [-0.15, -0.1) is 0 Å². The van der Waals surface area contributed by atoms with E-state index in [0.717, 1.165) is 11.1 Å². The molecule has 0 fully saturated rings. The molecule has 0 radical (unpaired) electrons. The molecule has 212 valence electrons. The molecule has 0 saturated heterocycles. The molecular weight excluding hydrogens is 503 g/mol. The van der Waals surface area contributed by atoms with Crippen molar-refractivity contribution in [2.24, 2.45) is 0 Å². The Hall–Kier alpha value is -2.31. The van der Waals surface area contributed by atoms with E-state index in [1.54, 1.807) is 26.0 Å². The van der Waals surface area contributed by atoms with Gasteiger partial charge in [0.05, 0.1) is 0 Å². The van der Waals surface area contributed by atoms with Crippen LogP contribution in [0, 0.1) is 13.8 Å². The van der Waals surface area contributed by atoms with E-state index < -0.39 is 18.1 Å². The fourth-order valence-corrected chi connectivity index (χ4v) is 8.38. The topological polar surface area (TPSA) is 113 Å². The van der Waals surface area contributed by atoms with Crippen LogP contribution in [-0.2, 0) is 42.7 Å². The number of aryl methyl sites for hydroxylation is 4. The van der Waals surface area contributed by atoms with E-state index in [4.69, 9.17) is 9.47 Å². The van der Waals surface area contributed by atoms with Gasteiger partial charge in [0.1, 0.15) is 0 Å². The second-order valence-electron chi connectivity index (χ2n) is 12.3. The zero-order chi connectivity index (χ0) is 29.3. The van der Waals surface area contributed by atoms with Gasteiger partial charge in [0.15, 0.2) is 0 Å². The molecule has 0 saturated carbocycles. The van der Waals surface area contributed by atoms with Gasteiger partial charge in [-0.3, -0.25) is 0 Å². The van der Waals surface area contributed by atoms with E-state index in [1.807, 2.05) is 53.7 Å². The molecule has 38 heavy (non-hydrogen) atoms. The number of esters is 2. The number of rotatable bonds is 8. The average molecular weight is 549 g/mol. The van der Waals surface area contributed by atoms with Gasteiger partial charge in [0, 0.05) is 0 Å². The normalized spacial score (nSPS) is 13.6. The average Bonchev–Trinajstić information content (AvgIpc) is 2.78. The van der Waals surface area contributed by atoms with Crippen molar-refractivity contribution >= 4 is 29.8 Å². The quantitative estimate of drug-likeness (QED) is 0.332. The van der Waals surface area contributed by atoms with Gasteiger partial charge in [-0.2, -0.15) is 0 Å². The summed E-state index contributed by atoms with van der Waals surface area (Å²) < 4.78 is 9.56. The van der Waals surface area contributed by atoms with E-state index in [0.29, 0.717) is 35.1 Å². The first-order chi connectivity index (χ1) is 17.2. The summed E-state index contributed by atoms with van der Waals surface area (Å²) in [6.07, 6.45) is 1.24. The van der Waals surface area contributed by atoms with Crippen LogP contribution in [0.15, 0.2) is 24.3 Å². The van der Waals surface area contributed by atoms with Crippen LogP contribution < -0.4 is 10.6 Å². The third-order valence-corrected chi connectivity index (χ3v) is 9.69. The molecule has 0 bridgehead atoms. The fraction of sp³-hybridized carbons (Fsp3) is 0.533. The molecule has 3 N–H and O–H groups in total. The molecule has 0 unspecified atom stereocenters. The van der Waals surface area contributed by atoms with Gasteiger partial charge in [-0.05, 0) is 0 Å². The number of methoxy groups -OCH3 is 2. The van der Waals surface area contributed by atoms with E-state index in [1.165, 1.54) is 14.2 Å². The molecule has 2 aromatic carbocycles. The van der Waals surface area contributed by atoms with Gasteiger partial charge >= 0.3 is 227 Å². The van der Waals surface area contributed by atoms with Gasteiger partial charge in [-0.1, -0.05) is 0 Å². The molecule has 0 aliphatic carbocycles. The first-order valence-corrected chi connectivity index (χ1v) is 15.0. The molecule has 0 aromatic heterocycles. The van der Waals surface area contributed by atoms with Crippen LogP contribution in [0.3, 0.4) is 0 Å². The second kappa shape index (κ2) is 11.1. The van der Waals surface area contributed by atoms with Gasteiger partial charge in [0.2, 0.25) is 0 Å². The summed E-state index contributed by atoms with van der Waals surface area (Å²) in [6.45, 7) is 15.2. The molecule has 0 spiro atoms. The molecule has 0 amide bonds. The van der Waals surface area contributed by atoms with Crippen LogP contribution in [0.2, 0.25) is 0 Å². The number of hydrogen-bond donors (Lipinski definition) is 3. The SMILES string of the molecule is COC(=O)CCc1cc(C)c(P(O)(O)(O)c2c(C)cc(CCC(=O)OC)cc2C(C)(C)C)c(C(C)(C)C)c1. The Bertz CT molecular complexity index is 1120. The van der Waals surface area contributed by atoms with Crippen LogP contribution >= 0.6 is 7.28 Å². The zero-order valence-electron chi connectivity index (χ0n) is 24.6. The minimum atomic E-state index is -5.70. The molecule has 0 aliphatic heterocycles. The summed E-state index contributed by atoms with van der Waals surface area (Å²) in [5.41, 5.74) is 2.89. The van der Waals surface area contributed by atoms with Crippen LogP contribution in [0.1, 0.15) is 87.8 Å². The Morgan fingerprint density at radius 3 is 1.26 bits per heavy atom. The monoisotopic (exact) mass is 548 g/mol. The van der Waals surface area contributed by atoms with Crippen molar-refractivity contribution in [2.75, 3.05) is 14.2 Å². The fourth-order valence-electron chi connectivity index (χ4n) is 5.04. The van der Waals surface area contributed by atoms with Crippen LogP contribution in [0.4, 0.5) is 0 Å². The van der Waals surface area contributed by atoms with E-state index in [-0.39, 0.29) is 35.4 Å².